The fourth-order valence-corrected chi connectivity index (χ4v) is 3.62. The first-order chi connectivity index (χ1) is 11.6. The quantitative estimate of drug-likeness (QED) is 0.821. The molecule has 8 heteroatoms. The number of hydrogen-bond acceptors (Lipinski definition) is 3. The van der Waals surface area contributed by atoms with E-state index in [1.807, 2.05) is 4.90 Å². The molecule has 1 N–H and O–H groups in total. The van der Waals surface area contributed by atoms with Gasteiger partial charge in [-0.3, -0.25) is 9.59 Å². The Bertz CT molecular complexity index is 636. The summed E-state index contributed by atoms with van der Waals surface area (Å²) in [7, 11) is 0. The summed E-state index contributed by atoms with van der Waals surface area (Å²) in [6, 6.07) is 4.90. The highest BCUT2D eigenvalue weighted by Gasteiger charge is 2.32. The van der Waals surface area contributed by atoms with Crippen LogP contribution in [0.4, 0.5) is 0 Å². The first kappa shape index (κ1) is 20.3. The molecule has 0 aromatic heterocycles. The summed E-state index contributed by atoms with van der Waals surface area (Å²) >= 11 is 11.9. The largest absolute Gasteiger partial charge is 0.340 e. The Morgan fingerprint density at radius 3 is 2.44 bits per heavy atom. The third-order valence-electron chi connectivity index (χ3n) is 4.65. The van der Waals surface area contributed by atoms with Gasteiger partial charge in [-0.05, 0) is 31.0 Å². The van der Waals surface area contributed by atoms with Crippen LogP contribution in [0.25, 0.3) is 0 Å². The number of halogens is 3. The molecule has 1 atom stereocenters. The van der Waals surface area contributed by atoms with Crippen molar-refractivity contribution in [1.82, 2.24) is 15.1 Å². The van der Waals surface area contributed by atoms with Gasteiger partial charge in [-0.1, -0.05) is 23.2 Å². The zero-order valence-electron chi connectivity index (χ0n) is 13.8. The van der Waals surface area contributed by atoms with E-state index in [0.717, 1.165) is 39.0 Å². The van der Waals surface area contributed by atoms with E-state index in [2.05, 4.69) is 5.32 Å². The van der Waals surface area contributed by atoms with Crippen molar-refractivity contribution in [1.29, 1.82) is 0 Å². The predicted octanol–water partition coefficient (Wildman–Crippen LogP) is 2.70. The molecule has 1 unspecified atom stereocenters. The van der Waals surface area contributed by atoms with Gasteiger partial charge in [0.25, 0.3) is 5.91 Å². The van der Waals surface area contributed by atoms with Crippen molar-refractivity contribution in [2.45, 2.75) is 12.8 Å². The molecule has 3 rings (SSSR count). The summed E-state index contributed by atoms with van der Waals surface area (Å²) in [5.74, 6) is -0.0295. The van der Waals surface area contributed by atoms with Crippen molar-refractivity contribution >= 4 is 47.4 Å². The summed E-state index contributed by atoms with van der Waals surface area (Å²) in [5.41, 5.74) is 0.514. The molecule has 138 valence electrons. The van der Waals surface area contributed by atoms with Gasteiger partial charge in [0.1, 0.15) is 0 Å². The molecule has 25 heavy (non-hydrogen) atoms. The van der Waals surface area contributed by atoms with Crippen LogP contribution in [0.15, 0.2) is 18.2 Å². The maximum Gasteiger partial charge on any atom is 0.253 e. The summed E-state index contributed by atoms with van der Waals surface area (Å²) in [4.78, 5) is 29.0. The molecular weight excluding hydrogens is 385 g/mol. The van der Waals surface area contributed by atoms with Crippen molar-refractivity contribution in [3.8, 4) is 0 Å². The van der Waals surface area contributed by atoms with Gasteiger partial charge in [0, 0.05) is 44.8 Å². The second-order valence-corrected chi connectivity index (χ2v) is 7.11. The van der Waals surface area contributed by atoms with Gasteiger partial charge in [-0.2, -0.15) is 0 Å². The van der Waals surface area contributed by atoms with E-state index in [9.17, 15) is 9.59 Å². The van der Waals surface area contributed by atoms with Gasteiger partial charge < -0.3 is 15.1 Å². The number of rotatable bonds is 2. The Morgan fingerprint density at radius 2 is 1.76 bits per heavy atom. The molecule has 1 aromatic rings. The Balaban J connectivity index is 0.00000225. The van der Waals surface area contributed by atoms with E-state index in [4.69, 9.17) is 23.2 Å². The highest BCUT2D eigenvalue weighted by atomic mass is 35.5. The Labute approximate surface area is 164 Å². The van der Waals surface area contributed by atoms with Crippen LogP contribution >= 0.6 is 35.6 Å². The zero-order valence-corrected chi connectivity index (χ0v) is 16.2. The van der Waals surface area contributed by atoms with Crippen molar-refractivity contribution < 1.29 is 9.59 Å². The second kappa shape index (κ2) is 9.08. The maximum absolute atomic E-state index is 12.7. The van der Waals surface area contributed by atoms with Gasteiger partial charge >= 0.3 is 0 Å². The van der Waals surface area contributed by atoms with E-state index in [-0.39, 0.29) is 30.1 Å². The summed E-state index contributed by atoms with van der Waals surface area (Å²) in [6.07, 6.45) is 1.68. The molecule has 2 heterocycles. The standard InChI is InChI=1S/C17H21Cl2N3O2.ClH/c18-14-4-3-12(10-15(14)19)16(23)22-7-1-2-13(11-22)17(24)21-8-5-20-6-9-21;/h3-4,10,13,20H,1-2,5-9,11H2;1H. The molecule has 1 aromatic carbocycles. The summed E-state index contributed by atoms with van der Waals surface area (Å²) in [5, 5.41) is 4.05. The van der Waals surface area contributed by atoms with E-state index in [1.54, 1.807) is 23.1 Å². The molecule has 2 amide bonds. The molecular formula is C17H22Cl3N3O2. The molecule has 5 nitrogen and oxygen atoms in total. The molecule has 2 aliphatic rings. The molecule has 0 spiro atoms. The smallest absolute Gasteiger partial charge is 0.253 e. The first-order valence-electron chi connectivity index (χ1n) is 8.30. The van der Waals surface area contributed by atoms with E-state index in [1.165, 1.54) is 0 Å². The van der Waals surface area contributed by atoms with Crippen LogP contribution in [-0.4, -0.2) is 60.9 Å². The fourth-order valence-electron chi connectivity index (χ4n) is 3.32. The van der Waals surface area contributed by atoms with Crippen LogP contribution in [0.5, 0.6) is 0 Å². The fraction of sp³-hybridized carbons (Fsp3) is 0.529. The average Bonchev–Trinajstić information content (AvgIpc) is 2.63. The topological polar surface area (TPSA) is 52.7 Å². The van der Waals surface area contributed by atoms with Gasteiger partial charge in [0.05, 0.1) is 16.0 Å². The lowest BCUT2D eigenvalue weighted by atomic mass is 9.95. The minimum absolute atomic E-state index is 0. The molecule has 0 aliphatic carbocycles. The van der Waals surface area contributed by atoms with Crippen LogP contribution in [0.2, 0.25) is 10.0 Å². The number of nitrogens with zero attached hydrogens (tertiary/aromatic N) is 2. The van der Waals surface area contributed by atoms with Crippen molar-refractivity contribution in [2.24, 2.45) is 5.92 Å². The van der Waals surface area contributed by atoms with Crippen LogP contribution in [0.1, 0.15) is 23.2 Å². The minimum Gasteiger partial charge on any atom is -0.340 e. The van der Waals surface area contributed by atoms with E-state index >= 15 is 0 Å². The van der Waals surface area contributed by atoms with Crippen LogP contribution in [0, 0.1) is 5.92 Å². The number of benzene rings is 1. The Hall–Kier alpha value is -1.01. The Morgan fingerprint density at radius 1 is 1.04 bits per heavy atom. The second-order valence-electron chi connectivity index (χ2n) is 6.29. The molecule has 2 saturated heterocycles. The minimum atomic E-state index is -0.108. The molecule has 0 radical (unpaired) electrons. The summed E-state index contributed by atoms with van der Waals surface area (Å²) in [6.45, 7) is 4.31. The zero-order chi connectivity index (χ0) is 17.1. The third kappa shape index (κ3) is 4.79. The predicted molar refractivity (Wildman–Crippen MR) is 102 cm³/mol. The third-order valence-corrected chi connectivity index (χ3v) is 5.39. The first-order valence-corrected chi connectivity index (χ1v) is 9.05. The van der Waals surface area contributed by atoms with Gasteiger partial charge in [-0.25, -0.2) is 0 Å². The lowest BCUT2D eigenvalue weighted by molar-refractivity contribution is -0.137. The lowest BCUT2D eigenvalue weighted by Crippen LogP contribution is -2.52. The molecule has 2 fully saturated rings. The number of carbonyl (C=O) groups excluding carboxylic acids is 2. The highest BCUT2D eigenvalue weighted by molar-refractivity contribution is 6.42. The number of amides is 2. The number of piperazine rings is 1. The molecule has 0 saturated carbocycles. The van der Waals surface area contributed by atoms with Crippen LogP contribution < -0.4 is 5.32 Å². The van der Waals surface area contributed by atoms with Crippen molar-refractivity contribution in [2.75, 3.05) is 39.3 Å². The van der Waals surface area contributed by atoms with Gasteiger partial charge in [0.15, 0.2) is 0 Å². The lowest BCUT2D eigenvalue weighted by Gasteiger charge is -2.36. The number of likely N-dealkylation sites (tertiary alicyclic amines) is 1. The average molecular weight is 407 g/mol. The molecule has 2 aliphatic heterocycles. The maximum atomic E-state index is 12.7. The van der Waals surface area contributed by atoms with Gasteiger partial charge in [0.2, 0.25) is 5.91 Å². The molecule has 0 bridgehead atoms. The number of piperidine rings is 1. The number of nitrogens with one attached hydrogen (secondary N) is 1. The SMILES string of the molecule is Cl.O=C(c1ccc(Cl)c(Cl)c1)N1CCCC(C(=O)N2CCNCC2)C1. The van der Waals surface area contributed by atoms with Crippen LogP contribution in [-0.2, 0) is 4.79 Å². The monoisotopic (exact) mass is 405 g/mol. The van der Waals surface area contributed by atoms with E-state index in [0.29, 0.717) is 28.7 Å². The van der Waals surface area contributed by atoms with Crippen molar-refractivity contribution in [3.63, 3.8) is 0 Å². The van der Waals surface area contributed by atoms with Crippen LogP contribution in [0.3, 0.4) is 0 Å². The van der Waals surface area contributed by atoms with Gasteiger partial charge in [-0.15, -0.1) is 12.4 Å². The van der Waals surface area contributed by atoms with E-state index < -0.39 is 0 Å². The number of hydrogen-bond donors (Lipinski definition) is 1. The highest BCUT2D eigenvalue weighted by Crippen LogP contribution is 2.25. The summed E-state index contributed by atoms with van der Waals surface area (Å²) < 4.78 is 0. The van der Waals surface area contributed by atoms with Crippen molar-refractivity contribution in [3.05, 3.63) is 33.8 Å². The Kier molecular flexibility index (Phi) is 7.37. The number of carbonyl (C=O) groups is 2. The normalized spacial score (nSPS) is 20.8.